The number of hydrogen-bond acceptors (Lipinski definition) is 5. The Morgan fingerprint density at radius 1 is 0.974 bits per heavy atom. The van der Waals surface area contributed by atoms with Crippen molar-refractivity contribution in [2.75, 3.05) is 5.32 Å². The number of oxazole rings is 1. The van der Waals surface area contributed by atoms with Crippen molar-refractivity contribution >= 4 is 80.9 Å². The van der Waals surface area contributed by atoms with Crippen LogP contribution >= 0.6 is 47.0 Å². The molecule has 2 N–H and O–H groups in total. The second-order valence-electron chi connectivity index (χ2n) is 8.45. The molecule has 5 aromatic rings. The van der Waals surface area contributed by atoms with Crippen LogP contribution in [0.2, 0.25) is 15.1 Å². The minimum Gasteiger partial charge on any atom is -0.457 e. The van der Waals surface area contributed by atoms with Gasteiger partial charge in [0.25, 0.3) is 0 Å². The quantitative estimate of drug-likeness (QED) is 0.151. The van der Waals surface area contributed by atoms with Crippen LogP contribution in [0.5, 0.6) is 0 Å². The van der Waals surface area contributed by atoms with Crippen LogP contribution in [0.4, 0.5) is 5.69 Å². The number of rotatable bonds is 6. The molecule has 0 aliphatic carbocycles. The van der Waals surface area contributed by atoms with Gasteiger partial charge in [-0.05, 0) is 84.9 Å². The van der Waals surface area contributed by atoms with Gasteiger partial charge in [0.05, 0.1) is 20.6 Å². The Morgan fingerprint density at radius 3 is 2.64 bits per heavy atom. The minimum atomic E-state index is -0.439. The van der Waals surface area contributed by atoms with Crippen molar-refractivity contribution in [3.8, 4) is 22.8 Å². The number of amides is 1. The Labute approximate surface area is 244 Å². The summed E-state index contributed by atoms with van der Waals surface area (Å²) < 4.78 is 11.7. The molecule has 196 valence electrons. The summed E-state index contributed by atoms with van der Waals surface area (Å²) in [7, 11) is 0. The van der Waals surface area contributed by atoms with Crippen LogP contribution < -0.4 is 10.6 Å². The molecule has 0 spiro atoms. The van der Waals surface area contributed by atoms with E-state index in [0.717, 1.165) is 17.5 Å². The second-order valence-corrected chi connectivity index (χ2v) is 10.0. The van der Waals surface area contributed by atoms with E-state index in [2.05, 4.69) is 22.5 Å². The third kappa shape index (κ3) is 6.18. The van der Waals surface area contributed by atoms with E-state index in [4.69, 9.17) is 55.9 Å². The number of benzene rings is 3. The molecule has 0 unspecified atom stereocenters. The van der Waals surface area contributed by atoms with Crippen LogP contribution in [0, 0.1) is 0 Å². The molecule has 0 fully saturated rings. The lowest BCUT2D eigenvalue weighted by Crippen LogP contribution is -2.32. The lowest BCUT2D eigenvalue weighted by molar-refractivity contribution is -0.115. The number of aromatic nitrogens is 1. The first-order valence-electron chi connectivity index (χ1n) is 11.8. The van der Waals surface area contributed by atoms with Gasteiger partial charge >= 0.3 is 0 Å². The monoisotopic (exact) mass is 595 g/mol. The molecule has 2 heterocycles. The molecule has 2 aromatic heterocycles. The van der Waals surface area contributed by atoms with E-state index in [-0.39, 0.29) is 5.11 Å². The van der Waals surface area contributed by atoms with E-state index in [0.29, 0.717) is 54.9 Å². The van der Waals surface area contributed by atoms with Crippen molar-refractivity contribution in [1.29, 1.82) is 0 Å². The maximum atomic E-state index is 12.4. The Bertz CT molecular complexity index is 1740. The number of carbonyl (C=O) groups is 1. The van der Waals surface area contributed by atoms with Gasteiger partial charge in [-0.25, -0.2) is 4.98 Å². The summed E-state index contributed by atoms with van der Waals surface area (Å²) in [5, 5.41) is 6.98. The van der Waals surface area contributed by atoms with Gasteiger partial charge in [0.15, 0.2) is 10.7 Å². The highest BCUT2D eigenvalue weighted by molar-refractivity contribution is 7.80. The number of anilines is 1. The molecule has 0 saturated heterocycles. The lowest BCUT2D eigenvalue weighted by Gasteiger charge is -2.09. The molecule has 3 aromatic carbocycles. The fourth-order valence-electron chi connectivity index (χ4n) is 3.83. The molecule has 0 bridgehead atoms. The highest BCUT2D eigenvalue weighted by Gasteiger charge is 2.14. The second kappa shape index (κ2) is 11.6. The SMILES string of the molecule is CCc1ccc2oc(-c3cc(NC(=S)NC(=O)C=Cc4ccc(-c5cccc(Cl)c5Cl)o4)ccc3Cl)nc2c1. The first-order chi connectivity index (χ1) is 18.8. The Balaban J connectivity index is 1.24. The smallest absolute Gasteiger partial charge is 0.250 e. The number of furan rings is 1. The zero-order chi connectivity index (χ0) is 27.5. The molecule has 1 amide bonds. The molecule has 5 rings (SSSR count). The molecule has 0 saturated carbocycles. The summed E-state index contributed by atoms with van der Waals surface area (Å²) in [6, 6.07) is 19.8. The summed E-state index contributed by atoms with van der Waals surface area (Å²) in [5.74, 6) is 0.942. The summed E-state index contributed by atoms with van der Waals surface area (Å²) >= 11 is 24.1. The van der Waals surface area contributed by atoms with Crippen molar-refractivity contribution in [3.05, 3.63) is 99.2 Å². The number of nitrogens with one attached hydrogen (secondary N) is 2. The molecule has 39 heavy (non-hydrogen) atoms. The van der Waals surface area contributed by atoms with Gasteiger partial charge < -0.3 is 14.2 Å². The third-order valence-corrected chi connectivity index (χ3v) is 7.15. The molecule has 0 aliphatic heterocycles. The highest BCUT2D eigenvalue weighted by Crippen LogP contribution is 2.35. The van der Waals surface area contributed by atoms with Crippen LogP contribution in [0.15, 0.2) is 81.6 Å². The van der Waals surface area contributed by atoms with Crippen molar-refractivity contribution in [1.82, 2.24) is 10.3 Å². The predicted molar refractivity (Wildman–Crippen MR) is 161 cm³/mol. The largest absolute Gasteiger partial charge is 0.457 e. The average Bonchev–Trinajstić information content (AvgIpc) is 3.57. The molecule has 10 heteroatoms. The third-order valence-electron chi connectivity index (χ3n) is 5.79. The topological polar surface area (TPSA) is 80.3 Å². The summed E-state index contributed by atoms with van der Waals surface area (Å²) in [6.07, 6.45) is 3.74. The highest BCUT2D eigenvalue weighted by atomic mass is 35.5. The van der Waals surface area contributed by atoms with Gasteiger partial charge in [0.2, 0.25) is 11.8 Å². The van der Waals surface area contributed by atoms with Crippen LogP contribution in [0.1, 0.15) is 18.2 Å². The van der Waals surface area contributed by atoms with Crippen LogP contribution in [0.25, 0.3) is 40.0 Å². The molecular formula is C29H20Cl3N3O3S. The van der Waals surface area contributed by atoms with E-state index in [1.165, 1.54) is 12.2 Å². The van der Waals surface area contributed by atoms with Gasteiger partial charge in [-0.15, -0.1) is 0 Å². The molecule has 6 nitrogen and oxygen atoms in total. The van der Waals surface area contributed by atoms with Gasteiger partial charge in [-0.1, -0.05) is 53.9 Å². The molecule has 0 atom stereocenters. The Morgan fingerprint density at radius 2 is 1.82 bits per heavy atom. The van der Waals surface area contributed by atoms with E-state index in [1.807, 2.05) is 18.2 Å². The van der Waals surface area contributed by atoms with Crippen molar-refractivity contribution in [3.63, 3.8) is 0 Å². The fourth-order valence-corrected chi connectivity index (χ4v) is 4.64. The van der Waals surface area contributed by atoms with Crippen molar-refractivity contribution in [2.24, 2.45) is 0 Å². The Kier molecular flexibility index (Phi) is 8.04. The van der Waals surface area contributed by atoms with Crippen LogP contribution in [-0.2, 0) is 11.2 Å². The maximum absolute atomic E-state index is 12.4. The molecule has 0 aliphatic rings. The van der Waals surface area contributed by atoms with Crippen molar-refractivity contribution < 1.29 is 13.6 Å². The van der Waals surface area contributed by atoms with E-state index < -0.39 is 5.91 Å². The number of carbonyl (C=O) groups excluding carboxylic acids is 1. The number of fused-ring (bicyclic) bond motifs is 1. The van der Waals surface area contributed by atoms with Crippen LogP contribution in [0.3, 0.4) is 0 Å². The van der Waals surface area contributed by atoms with Gasteiger partial charge in [-0.3, -0.25) is 10.1 Å². The number of thiocarbonyl (C=S) groups is 1. The fraction of sp³-hybridized carbons (Fsp3) is 0.0690. The number of hydrogen-bond donors (Lipinski definition) is 2. The first kappa shape index (κ1) is 27.0. The van der Waals surface area contributed by atoms with Crippen molar-refractivity contribution in [2.45, 2.75) is 13.3 Å². The normalized spacial score (nSPS) is 11.3. The average molecular weight is 597 g/mol. The van der Waals surface area contributed by atoms with E-state index >= 15 is 0 Å². The lowest BCUT2D eigenvalue weighted by atomic mass is 10.1. The molecular weight excluding hydrogens is 577 g/mol. The predicted octanol–water partition coefficient (Wildman–Crippen LogP) is 8.80. The van der Waals surface area contributed by atoms with E-state index in [1.54, 1.807) is 48.5 Å². The van der Waals surface area contributed by atoms with Gasteiger partial charge in [0, 0.05) is 17.3 Å². The summed E-state index contributed by atoms with van der Waals surface area (Å²) in [4.78, 5) is 17.0. The first-order valence-corrected chi connectivity index (χ1v) is 13.4. The summed E-state index contributed by atoms with van der Waals surface area (Å²) in [5.41, 5.74) is 4.45. The molecule has 0 radical (unpaired) electrons. The van der Waals surface area contributed by atoms with Gasteiger partial charge in [0.1, 0.15) is 17.0 Å². The van der Waals surface area contributed by atoms with Crippen LogP contribution in [-0.4, -0.2) is 16.0 Å². The minimum absolute atomic E-state index is 0.105. The number of aryl methyl sites for hydroxylation is 1. The van der Waals surface area contributed by atoms with Gasteiger partial charge in [-0.2, -0.15) is 0 Å². The zero-order valence-electron chi connectivity index (χ0n) is 20.4. The van der Waals surface area contributed by atoms with E-state index in [9.17, 15) is 4.79 Å². The standard InChI is InChI=1S/C29H20Cl3N3O3S/c1-2-16-6-11-25-23(14-16)34-28(38-25)20-15-17(7-10-21(20)30)33-29(39)35-26(36)13-9-18-8-12-24(37-18)19-4-3-5-22(31)27(19)32/h3-15H,2H2,1H3,(H2,33,35,36,39). The Hall–Kier alpha value is -3.62. The zero-order valence-corrected chi connectivity index (χ0v) is 23.5. The maximum Gasteiger partial charge on any atom is 0.250 e. The number of nitrogens with zero attached hydrogens (tertiary/aromatic N) is 1. The number of halogens is 3. The summed E-state index contributed by atoms with van der Waals surface area (Å²) in [6.45, 7) is 2.08.